The molecule has 2 N–H and O–H groups in total. The van der Waals surface area contributed by atoms with Crippen molar-refractivity contribution in [2.24, 2.45) is 4.99 Å². The summed E-state index contributed by atoms with van der Waals surface area (Å²) in [7, 11) is 1.81. The van der Waals surface area contributed by atoms with Crippen molar-refractivity contribution < 1.29 is 4.74 Å². The van der Waals surface area contributed by atoms with E-state index in [1.807, 2.05) is 30.3 Å². The number of likely N-dealkylation sites (tertiary alicyclic amines) is 1. The Morgan fingerprint density at radius 3 is 2.75 bits per heavy atom. The summed E-state index contributed by atoms with van der Waals surface area (Å²) >= 11 is 0. The molecule has 1 atom stereocenters. The van der Waals surface area contributed by atoms with Crippen molar-refractivity contribution in [2.45, 2.75) is 38.6 Å². The molecule has 1 fully saturated rings. The standard InChI is InChI=1S/C19H32N4O/c1-17-9-6-7-14-23(17)15-8-12-21-19(20-2)22-13-16-24-18-10-4-3-5-11-18/h3-5,10-11,17H,6-9,12-16H2,1-2H3,(H2,20,21,22). The summed E-state index contributed by atoms with van der Waals surface area (Å²) in [6.07, 6.45) is 5.23. The van der Waals surface area contributed by atoms with Crippen molar-refractivity contribution in [3.8, 4) is 5.75 Å². The number of hydrogen-bond donors (Lipinski definition) is 2. The van der Waals surface area contributed by atoms with Gasteiger partial charge in [0.2, 0.25) is 0 Å². The molecule has 0 saturated carbocycles. The lowest BCUT2D eigenvalue weighted by molar-refractivity contribution is 0.159. The maximum absolute atomic E-state index is 5.67. The van der Waals surface area contributed by atoms with Crippen molar-refractivity contribution in [3.63, 3.8) is 0 Å². The summed E-state index contributed by atoms with van der Waals surface area (Å²) in [5.74, 6) is 1.75. The largest absolute Gasteiger partial charge is 0.492 e. The van der Waals surface area contributed by atoms with Crippen LogP contribution in [0, 0.1) is 0 Å². The third-order valence-corrected chi connectivity index (χ3v) is 4.49. The van der Waals surface area contributed by atoms with Crippen LogP contribution in [0.4, 0.5) is 0 Å². The zero-order chi connectivity index (χ0) is 17.0. The molecule has 1 saturated heterocycles. The predicted octanol–water partition coefficient (Wildman–Crippen LogP) is 2.49. The quantitative estimate of drug-likeness (QED) is 0.436. The summed E-state index contributed by atoms with van der Waals surface area (Å²) < 4.78 is 5.67. The third-order valence-electron chi connectivity index (χ3n) is 4.49. The summed E-state index contributed by atoms with van der Waals surface area (Å²) in [6, 6.07) is 10.6. The second-order valence-corrected chi connectivity index (χ2v) is 6.32. The van der Waals surface area contributed by atoms with Gasteiger partial charge in [-0.25, -0.2) is 0 Å². The summed E-state index contributed by atoms with van der Waals surface area (Å²) in [6.45, 7) is 7.07. The molecule has 1 aromatic carbocycles. The Morgan fingerprint density at radius 2 is 2.00 bits per heavy atom. The SMILES string of the molecule is CN=C(NCCCN1CCCCC1C)NCCOc1ccccc1. The molecule has 0 spiro atoms. The van der Waals surface area contributed by atoms with Crippen LogP contribution in [0.2, 0.25) is 0 Å². The van der Waals surface area contributed by atoms with Gasteiger partial charge < -0.3 is 20.3 Å². The number of ether oxygens (including phenoxy) is 1. The lowest BCUT2D eigenvalue weighted by atomic mass is 10.0. The molecular weight excluding hydrogens is 300 g/mol. The molecule has 0 aromatic heterocycles. The fourth-order valence-corrected chi connectivity index (χ4v) is 3.05. The molecule has 1 unspecified atom stereocenters. The maximum Gasteiger partial charge on any atom is 0.191 e. The molecule has 1 aliphatic rings. The van der Waals surface area contributed by atoms with Crippen LogP contribution >= 0.6 is 0 Å². The van der Waals surface area contributed by atoms with Gasteiger partial charge in [0, 0.05) is 26.2 Å². The topological polar surface area (TPSA) is 48.9 Å². The molecule has 5 heteroatoms. The normalized spacial score (nSPS) is 19.1. The maximum atomic E-state index is 5.67. The van der Waals surface area contributed by atoms with E-state index in [-0.39, 0.29) is 0 Å². The fraction of sp³-hybridized carbons (Fsp3) is 0.632. The van der Waals surface area contributed by atoms with Crippen molar-refractivity contribution in [1.82, 2.24) is 15.5 Å². The minimum absolute atomic E-state index is 0.621. The average molecular weight is 332 g/mol. The zero-order valence-electron chi connectivity index (χ0n) is 15.1. The van der Waals surface area contributed by atoms with Gasteiger partial charge in [-0.05, 0) is 44.9 Å². The van der Waals surface area contributed by atoms with Crippen LogP contribution in [0.15, 0.2) is 35.3 Å². The highest BCUT2D eigenvalue weighted by Gasteiger charge is 2.16. The van der Waals surface area contributed by atoms with Crippen LogP contribution in [0.25, 0.3) is 0 Å². The average Bonchev–Trinajstić information content (AvgIpc) is 2.62. The van der Waals surface area contributed by atoms with Gasteiger partial charge in [0.05, 0.1) is 6.54 Å². The number of nitrogens with zero attached hydrogens (tertiary/aromatic N) is 2. The monoisotopic (exact) mass is 332 g/mol. The Labute approximate surface area is 146 Å². The van der Waals surface area contributed by atoms with Crippen LogP contribution in [0.3, 0.4) is 0 Å². The molecule has 0 bridgehead atoms. The number of piperidine rings is 1. The van der Waals surface area contributed by atoms with E-state index in [0.717, 1.165) is 37.3 Å². The molecule has 2 rings (SSSR count). The molecular formula is C19H32N4O. The number of rotatable bonds is 8. The number of nitrogens with one attached hydrogen (secondary N) is 2. The van der Waals surface area contributed by atoms with E-state index in [2.05, 4.69) is 27.4 Å². The lowest BCUT2D eigenvalue weighted by Crippen LogP contribution is -2.42. The highest BCUT2D eigenvalue weighted by atomic mass is 16.5. The van der Waals surface area contributed by atoms with E-state index in [9.17, 15) is 0 Å². The van der Waals surface area contributed by atoms with Crippen molar-refractivity contribution in [1.29, 1.82) is 0 Å². The van der Waals surface area contributed by atoms with Gasteiger partial charge in [0.25, 0.3) is 0 Å². The van der Waals surface area contributed by atoms with Crippen LogP contribution in [0.5, 0.6) is 5.75 Å². The second-order valence-electron chi connectivity index (χ2n) is 6.32. The number of para-hydroxylation sites is 1. The van der Waals surface area contributed by atoms with Crippen LogP contribution in [-0.4, -0.2) is 56.7 Å². The molecule has 1 aromatic rings. The highest BCUT2D eigenvalue weighted by molar-refractivity contribution is 5.79. The van der Waals surface area contributed by atoms with E-state index in [1.54, 1.807) is 7.05 Å². The van der Waals surface area contributed by atoms with Crippen LogP contribution in [0.1, 0.15) is 32.6 Å². The molecule has 0 radical (unpaired) electrons. The van der Waals surface area contributed by atoms with Gasteiger partial charge >= 0.3 is 0 Å². The number of guanidine groups is 1. The van der Waals surface area contributed by atoms with Crippen LogP contribution < -0.4 is 15.4 Å². The first-order chi connectivity index (χ1) is 11.8. The molecule has 0 aliphatic carbocycles. The van der Waals surface area contributed by atoms with Gasteiger partial charge in [-0.3, -0.25) is 4.99 Å². The number of benzene rings is 1. The predicted molar refractivity (Wildman–Crippen MR) is 101 cm³/mol. The fourth-order valence-electron chi connectivity index (χ4n) is 3.05. The Morgan fingerprint density at radius 1 is 1.21 bits per heavy atom. The summed E-state index contributed by atoms with van der Waals surface area (Å²) in [5.41, 5.74) is 0. The Balaban J connectivity index is 1.54. The van der Waals surface area contributed by atoms with E-state index in [4.69, 9.17) is 4.74 Å². The minimum atomic E-state index is 0.621. The number of aliphatic imine (C=N–C) groups is 1. The zero-order valence-corrected chi connectivity index (χ0v) is 15.1. The third kappa shape index (κ3) is 6.79. The van der Waals surface area contributed by atoms with Gasteiger partial charge in [0.1, 0.15) is 12.4 Å². The second kappa shape index (κ2) is 10.9. The van der Waals surface area contributed by atoms with Crippen molar-refractivity contribution in [2.75, 3.05) is 39.8 Å². The van der Waals surface area contributed by atoms with Gasteiger partial charge in [0.15, 0.2) is 5.96 Å². The number of hydrogen-bond acceptors (Lipinski definition) is 3. The van der Waals surface area contributed by atoms with Gasteiger partial charge in [-0.15, -0.1) is 0 Å². The minimum Gasteiger partial charge on any atom is -0.492 e. The molecule has 1 heterocycles. The first-order valence-electron chi connectivity index (χ1n) is 9.16. The highest BCUT2D eigenvalue weighted by Crippen LogP contribution is 2.16. The van der Waals surface area contributed by atoms with Crippen molar-refractivity contribution >= 4 is 5.96 Å². The molecule has 134 valence electrons. The first kappa shape index (κ1) is 18.6. The first-order valence-corrected chi connectivity index (χ1v) is 9.16. The molecule has 1 aliphatic heterocycles. The van der Waals surface area contributed by atoms with Crippen LogP contribution in [-0.2, 0) is 0 Å². The van der Waals surface area contributed by atoms with Gasteiger partial charge in [-0.2, -0.15) is 0 Å². The summed E-state index contributed by atoms with van der Waals surface area (Å²) in [4.78, 5) is 6.86. The van der Waals surface area contributed by atoms with Gasteiger partial charge in [-0.1, -0.05) is 24.6 Å². The Kier molecular flexibility index (Phi) is 8.46. The van der Waals surface area contributed by atoms with Crippen molar-refractivity contribution in [3.05, 3.63) is 30.3 Å². The lowest BCUT2D eigenvalue weighted by Gasteiger charge is -2.33. The van der Waals surface area contributed by atoms with E-state index >= 15 is 0 Å². The Bertz CT molecular complexity index is 478. The Hall–Kier alpha value is -1.75. The smallest absolute Gasteiger partial charge is 0.191 e. The molecule has 5 nitrogen and oxygen atoms in total. The van der Waals surface area contributed by atoms with E-state index in [1.165, 1.54) is 32.4 Å². The van der Waals surface area contributed by atoms with E-state index < -0.39 is 0 Å². The van der Waals surface area contributed by atoms with E-state index in [0.29, 0.717) is 6.61 Å². The molecule has 0 amide bonds. The molecule has 24 heavy (non-hydrogen) atoms. The summed E-state index contributed by atoms with van der Waals surface area (Å²) in [5, 5.41) is 6.67.